The Kier molecular flexibility index (Phi) is 3.95. The van der Waals surface area contributed by atoms with Crippen LogP contribution < -0.4 is 0 Å². The first-order valence-electron chi connectivity index (χ1n) is 5.88. The molecule has 2 heterocycles. The van der Waals surface area contributed by atoms with Gasteiger partial charge in [0.2, 0.25) is 5.76 Å². The topological polar surface area (TPSA) is 71.9 Å². The summed E-state index contributed by atoms with van der Waals surface area (Å²) < 4.78 is 10.1. The van der Waals surface area contributed by atoms with Gasteiger partial charge in [0.05, 0.1) is 11.4 Å². The Bertz CT molecular complexity index is 705. The molecule has 0 amide bonds. The van der Waals surface area contributed by atoms with Crippen LogP contribution in [-0.2, 0) is 4.65 Å². The number of hydrogen-bond acceptors (Lipinski definition) is 6. The fourth-order valence-corrected chi connectivity index (χ4v) is 2.53. The second-order valence-electron chi connectivity index (χ2n) is 4.32. The minimum atomic E-state index is 0.152. The van der Waals surface area contributed by atoms with E-state index in [0.717, 1.165) is 21.8 Å². The van der Waals surface area contributed by atoms with Gasteiger partial charge >= 0.3 is 8.05 Å². The van der Waals surface area contributed by atoms with Crippen molar-refractivity contribution in [2.75, 3.05) is 0 Å². The second-order valence-corrected chi connectivity index (χ2v) is 5.52. The molecule has 2 aromatic rings. The van der Waals surface area contributed by atoms with Gasteiger partial charge in [-0.1, -0.05) is 5.16 Å². The van der Waals surface area contributed by atoms with Gasteiger partial charge in [-0.05, 0) is 27.7 Å². The Morgan fingerprint density at radius 1 is 1.30 bits per heavy atom. The van der Waals surface area contributed by atoms with Crippen LogP contribution in [0.15, 0.2) is 4.52 Å². The lowest BCUT2D eigenvalue weighted by atomic mass is 10.1. The summed E-state index contributed by atoms with van der Waals surface area (Å²) in [5, 5.41) is 13.8. The molecule has 0 spiro atoms. The third-order valence-electron chi connectivity index (χ3n) is 3.06. The maximum absolute atomic E-state index is 9.40. The van der Waals surface area contributed by atoms with Crippen molar-refractivity contribution in [1.29, 1.82) is 5.26 Å². The summed E-state index contributed by atoms with van der Waals surface area (Å²) in [5.74, 6) is 0.506. The Labute approximate surface area is 122 Å². The highest BCUT2D eigenvalue weighted by Gasteiger charge is 2.22. The molecule has 7 heteroatoms. The van der Waals surface area contributed by atoms with Gasteiger partial charge in [0, 0.05) is 10.4 Å². The van der Waals surface area contributed by atoms with Crippen LogP contribution in [0, 0.1) is 39.0 Å². The zero-order valence-electron chi connectivity index (χ0n) is 11.6. The molecular formula is C13H12BN3O2S. The number of aryl methyl sites for hydroxylation is 3. The summed E-state index contributed by atoms with van der Waals surface area (Å²) in [6.45, 7) is 7.46. The molecule has 0 saturated carbocycles. The molecule has 0 unspecified atom stereocenters. The van der Waals surface area contributed by atoms with Gasteiger partial charge in [0.1, 0.15) is 16.6 Å². The molecule has 2 aromatic heterocycles. The first-order valence-corrected chi connectivity index (χ1v) is 6.70. The largest absolute Gasteiger partial charge is 0.564 e. The van der Waals surface area contributed by atoms with Gasteiger partial charge in [0.15, 0.2) is 5.76 Å². The number of rotatable bonds is 3. The number of thiazole rings is 1. The predicted octanol–water partition coefficient (Wildman–Crippen LogP) is 2.86. The lowest BCUT2D eigenvalue weighted by Gasteiger charge is -2.06. The van der Waals surface area contributed by atoms with Crippen LogP contribution in [0.5, 0.6) is 0 Å². The molecule has 2 rings (SSSR count). The van der Waals surface area contributed by atoms with Gasteiger partial charge in [-0.15, -0.1) is 11.3 Å². The van der Waals surface area contributed by atoms with E-state index >= 15 is 0 Å². The lowest BCUT2D eigenvalue weighted by molar-refractivity contribution is 0.387. The second kappa shape index (κ2) is 5.51. The van der Waals surface area contributed by atoms with E-state index in [1.165, 1.54) is 11.3 Å². The molecule has 20 heavy (non-hydrogen) atoms. The zero-order chi connectivity index (χ0) is 14.9. The van der Waals surface area contributed by atoms with Crippen LogP contribution in [0.4, 0.5) is 0 Å². The van der Waals surface area contributed by atoms with Crippen molar-refractivity contribution < 1.29 is 9.18 Å². The van der Waals surface area contributed by atoms with Crippen molar-refractivity contribution >= 4 is 30.7 Å². The van der Waals surface area contributed by atoms with E-state index in [0.29, 0.717) is 10.8 Å². The molecule has 2 radical (unpaired) electrons. The molecule has 0 saturated heterocycles. The number of hydrogen-bond donors (Lipinski definition) is 0. The summed E-state index contributed by atoms with van der Waals surface area (Å²) in [6, 6.07) is 2.08. The molecule has 0 bridgehead atoms. The fraction of sp³-hybridized carbons (Fsp3) is 0.308. The van der Waals surface area contributed by atoms with Gasteiger partial charge in [-0.25, -0.2) is 4.98 Å². The molecule has 0 aliphatic heterocycles. The van der Waals surface area contributed by atoms with Crippen molar-refractivity contribution in [1.82, 2.24) is 10.1 Å². The Morgan fingerprint density at radius 3 is 2.40 bits per heavy atom. The first-order chi connectivity index (χ1) is 9.49. The Hall–Kier alpha value is -2.07. The van der Waals surface area contributed by atoms with E-state index in [-0.39, 0.29) is 11.3 Å². The highest BCUT2D eigenvalue weighted by molar-refractivity contribution is 7.13. The summed E-state index contributed by atoms with van der Waals surface area (Å²) >= 11 is 1.41. The first kappa shape index (κ1) is 14.3. The monoisotopic (exact) mass is 285 g/mol. The summed E-state index contributed by atoms with van der Waals surface area (Å²) in [4.78, 5) is 5.39. The van der Waals surface area contributed by atoms with E-state index in [4.69, 9.17) is 17.2 Å². The SMILES string of the molecule is [B]OC(=C(C#N)c1nc(C)c(C)s1)c1onc(C)c1C. The third-order valence-corrected chi connectivity index (χ3v) is 4.15. The van der Waals surface area contributed by atoms with Gasteiger partial charge < -0.3 is 9.18 Å². The van der Waals surface area contributed by atoms with E-state index in [1.54, 1.807) is 6.92 Å². The van der Waals surface area contributed by atoms with Crippen LogP contribution in [0.2, 0.25) is 0 Å². The van der Waals surface area contributed by atoms with Crippen LogP contribution in [0.25, 0.3) is 11.3 Å². The molecule has 0 aromatic carbocycles. The smallest absolute Gasteiger partial charge is 0.374 e. The van der Waals surface area contributed by atoms with Crippen LogP contribution in [-0.4, -0.2) is 18.2 Å². The zero-order valence-corrected chi connectivity index (χ0v) is 12.5. The molecule has 5 nitrogen and oxygen atoms in total. The average Bonchev–Trinajstić information content (AvgIpc) is 2.92. The normalized spacial score (nSPS) is 11.9. The molecule has 0 aliphatic rings. The van der Waals surface area contributed by atoms with E-state index in [2.05, 4.69) is 16.2 Å². The van der Waals surface area contributed by atoms with Crippen molar-refractivity contribution in [3.05, 3.63) is 32.6 Å². The highest BCUT2D eigenvalue weighted by Crippen LogP contribution is 2.32. The molecule has 0 N–H and O–H groups in total. The van der Waals surface area contributed by atoms with Gasteiger partial charge in [-0.3, -0.25) is 0 Å². The van der Waals surface area contributed by atoms with Crippen molar-refractivity contribution in [2.24, 2.45) is 0 Å². The van der Waals surface area contributed by atoms with E-state index in [1.807, 2.05) is 20.8 Å². The maximum atomic E-state index is 9.40. The summed E-state index contributed by atoms with van der Waals surface area (Å²) in [5.41, 5.74) is 2.62. The molecule has 0 aliphatic carbocycles. The van der Waals surface area contributed by atoms with Crippen molar-refractivity contribution in [3.8, 4) is 6.07 Å². The van der Waals surface area contributed by atoms with Gasteiger partial charge in [-0.2, -0.15) is 5.26 Å². The average molecular weight is 285 g/mol. The van der Waals surface area contributed by atoms with E-state index < -0.39 is 0 Å². The lowest BCUT2D eigenvalue weighted by Crippen LogP contribution is -1.95. The predicted molar refractivity (Wildman–Crippen MR) is 76.8 cm³/mol. The minimum Gasteiger partial charge on any atom is -0.564 e. The molecule has 100 valence electrons. The van der Waals surface area contributed by atoms with Crippen molar-refractivity contribution in [2.45, 2.75) is 27.7 Å². The number of allylic oxidation sites excluding steroid dienone is 1. The Morgan fingerprint density at radius 2 is 2.00 bits per heavy atom. The Balaban J connectivity index is 2.66. The molecule has 0 fully saturated rings. The van der Waals surface area contributed by atoms with Crippen LogP contribution in [0.3, 0.4) is 0 Å². The highest BCUT2D eigenvalue weighted by atomic mass is 32.1. The third kappa shape index (κ3) is 2.34. The fourth-order valence-electron chi connectivity index (χ4n) is 1.63. The summed E-state index contributed by atoms with van der Waals surface area (Å²) in [6.07, 6.45) is 0. The number of nitrogens with zero attached hydrogens (tertiary/aromatic N) is 3. The van der Waals surface area contributed by atoms with E-state index in [9.17, 15) is 5.26 Å². The maximum Gasteiger partial charge on any atom is 0.374 e. The minimum absolute atomic E-state index is 0.152. The van der Waals surface area contributed by atoms with Crippen molar-refractivity contribution in [3.63, 3.8) is 0 Å². The molecule has 0 atom stereocenters. The number of aromatic nitrogens is 2. The molecular weight excluding hydrogens is 273 g/mol. The van der Waals surface area contributed by atoms with Gasteiger partial charge in [0.25, 0.3) is 0 Å². The van der Waals surface area contributed by atoms with Crippen LogP contribution in [0.1, 0.15) is 32.6 Å². The quantitative estimate of drug-likeness (QED) is 0.492. The van der Waals surface area contributed by atoms with Crippen LogP contribution >= 0.6 is 11.3 Å². The number of nitriles is 1. The summed E-state index contributed by atoms with van der Waals surface area (Å²) in [7, 11) is 5.32. The standard InChI is InChI=1S/C13H12BN3O2S/c1-6-7(2)17-19-11(6)12(18-14)10(5-15)13-16-8(3)9(4)20-13/h1-4H3.